The van der Waals surface area contributed by atoms with Crippen molar-refractivity contribution in [2.45, 2.75) is 32.4 Å². The molecular weight excluding hydrogens is 264 g/mol. The van der Waals surface area contributed by atoms with Gasteiger partial charge in [-0.05, 0) is 6.92 Å². The third-order valence-corrected chi connectivity index (χ3v) is 4.69. The highest BCUT2D eigenvalue weighted by Crippen LogP contribution is 2.18. The molecule has 0 fully saturated rings. The quantitative estimate of drug-likeness (QED) is 0.854. The van der Waals surface area contributed by atoms with Crippen LogP contribution in [-0.2, 0) is 6.54 Å². The van der Waals surface area contributed by atoms with Crippen LogP contribution in [0.2, 0.25) is 0 Å². The average Bonchev–Trinajstić information content (AvgIpc) is 3.00. The zero-order valence-electron chi connectivity index (χ0n) is 10.6. The Morgan fingerprint density at radius 3 is 2.78 bits per heavy atom. The predicted molar refractivity (Wildman–Crippen MR) is 77.0 cm³/mol. The molecule has 2 unspecified atom stereocenters. The lowest BCUT2D eigenvalue weighted by molar-refractivity contribution is 0.606. The maximum Gasteiger partial charge on any atom is 0.109 e. The summed E-state index contributed by atoms with van der Waals surface area (Å²) in [6.07, 6.45) is 1.85. The molecule has 0 aromatic carbocycles. The van der Waals surface area contributed by atoms with E-state index in [1.165, 1.54) is 5.01 Å². The molecule has 2 aromatic heterocycles. The van der Waals surface area contributed by atoms with Gasteiger partial charge in [0, 0.05) is 36.0 Å². The Morgan fingerprint density at radius 1 is 1.33 bits per heavy atom. The highest BCUT2D eigenvalue weighted by molar-refractivity contribution is 7.09. The van der Waals surface area contributed by atoms with Crippen LogP contribution in [0.25, 0.3) is 0 Å². The van der Waals surface area contributed by atoms with Crippen molar-refractivity contribution < 1.29 is 0 Å². The van der Waals surface area contributed by atoms with Crippen molar-refractivity contribution in [3.05, 3.63) is 32.7 Å². The van der Waals surface area contributed by atoms with E-state index in [-0.39, 0.29) is 6.04 Å². The Morgan fingerprint density at radius 2 is 2.17 bits per heavy atom. The first-order chi connectivity index (χ1) is 8.66. The van der Waals surface area contributed by atoms with Crippen LogP contribution in [-0.4, -0.2) is 16.5 Å². The molecule has 4 nitrogen and oxygen atoms in total. The number of aromatic nitrogens is 2. The van der Waals surface area contributed by atoms with Gasteiger partial charge in [-0.1, -0.05) is 6.92 Å². The van der Waals surface area contributed by atoms with Crippen LogP contribution in [0, 0.1) is 0 Å². The van der Waals surface area contributed by atoms with Gasteiger partial charge in [0.05, 0.1) is 16.7 Å². The fourth-order valence-corrected chi connectivity index (χ4v) is 3.07. The van der Waals surface area contributed by atoms with E-state index in [1.54, 1.807) is 22.7 Å². The minimum atomic E-state index is 0.0259. The molecule has 2 aromatic rings. The number of hydrogen-bond donors (Lipinski definition) is 2. The lowest BCUT2D eigenvalue weighted by atomic mass is 10.2. The summed E-state index contributed by atoms with van der Waals surface area (Å²) in [5.41, 5.74) is 6.86. The average molecular weight is 282 g/mol. The molecule has 0 aliphatic heterocycles. The molecule has 0 spiro atoms. The summed E-state index contributed by atoms with van der Waals surface area (Å²) in [6, 6.07) is 0.0259. The molecule has 0 amide bonds. The normalized spacial score (nSPS) is 14.6. The van der Waals surface area contributed by atoms with Gasteiger partial charge in [-0.3, -0.25) is 0 Å². The number of thiazole rings is 2. The summed E-state index contributed by atoms with van der Waals surface area (Å²) in [6.45, 7) is 5.85. The standard InChI is InChI=1S/C12H18N4S2/c1-8(11-15-3-4-17-11)5-14-6-10-7-18-12(16-10)9(2)13/h3-4,7-9,14H,5-6,13H2,1-2H3. The number of nitrogens with zero attached hydrogens (tertiary/aromatic N) is 2. The molecule has 98 valence electrons. The molecule has 3 N–H and O–H groups in total. The van der Waals surface area contributed by atoms with Crippen molar-refractivity contribution in [2.24, 2.45) is 5.73 Å². The second-order valence-electron chi connectivity index (χ2n) is 4.37. The second-order valence-corrected chi connectivity index (χ2v) is 6.18. The van der Waals surface area contributed by atoms with Gasteiger partial charge in [0.1, 0.15) is 5.01 Å². The van der Waals surface area contributed by atoms with Gasteiger partial charge >= 0.3 is 0 Å². The minimum Gasteiger partial charge on any atom is -0.322 e. The third kappa shape index (κ3) is 3.58. The molecule has 0 bridgehead atoms. The largest absolute Gasteiger partial charge is 0.322 e. The van der Waals surface area contributed by atoms with Crippen molar-refractivity contribution in [3.8, 4) is 0 Å². The van der Waals surface area contributed by atoms with E-state index in [0.717, 1.165) is 23.8 Å². The Hall–Kier alpha value is -0.820. The Labute approximate surface area is 115 Å². The van der Waals surface area contributed by atoms with Crippen LogP contribution >= 0.6 is 22.7 Å². The van der Waals surface area contributed by atoms with Gasteiger partial charge in [-0.2, -0.15) is 0 Å². The summed E-state index contributed by atoms with van der Waals surface area (Å²) in [5.74, 6) is 0.441. The third-order valence-electron chi connectivity index (χ3n) is 2.59. The van der Waals surface area contributed by atoms with Crippen LogP contribution in [0.15, 0.2) is 17.0 Å². The van der Waals surface area contributed by atoms with Gasteiger partial charge in [-0.15, -0.1) is 22.7 Å². The molecule has 0 saturated carbocycles. The van der Waals surface area contributed by atoms with E-state index in [2.05, 4.69) is 27.6 Å². The molecule has 0 aliphatic carbocycles. The van der Waals surface area contributed by atoms with E-state index in [1.807, 2.05) is 18.5 Å². The SMILES string of the molecule is CC(N)c1nc(CNCC(C)c2nccs2)cs1. The Balaban J connectivity index is 1.78. The summed E-state index contributed by atoms with van der Waals surface area (Å²) in [7, 11) is 0. The number of hydrogen-bond acceptors (Lipinski definition) is 6. The van der Waals surface area contributed by atoms with Crippen molar-refractivity contribution in [2.75, 3.05) is 6.54 Å². The maximum atomic E-state index is 5.79. The van der Waals surface area contributed by atoms with Crippen LogP contribution in [0.4, 0.5) is 0 Å². The van der Waals surface area contributed by atoms with Gasteiger partial charge in [0.15, 0.2) is 0 Å². The van der Waals surface area contributed by atoms with Gasteiger partial charge in [0.2, 0.25) is 0 Å². The molecule has 6 heteroatoms. The second kappa shape index (κ2) is 6.38. The first-order valence-corrected chi connectivity index (χ1v) is 7.72. The van der Waals surface area contributed by atoms with Crippen LogP contribution in [0.3, 0.4) is 0 Å². The van der Waals surface area contributed by atoms with Crippen molar-refractivity contribution in [3.63, 3.8) is 0 Å². The first-order valence-electron chi connectivity index (χ1n) is 5.96. The zero-order valence-corrected chi connectivity index (χ0v) is 12.2. The molecule has 18 heavy (non-hydrogen) atoms. The molecule has 0 aliphatic rings. The summed E-state index contributed by atoms with van der Waals surface area (Å²) >= 11 is 3.33. The van der Waals surface area contributed by atoms with E-state index in [0.29, 0.717) is 5.92 Å². The van der Waals surface area contributed by atoms with E-state index < -0.39 is 0 Å². The lowest BCUT2D eigenvalue weighted by Gasteiger charge is -2.08. The van der Waals surface area contributed by atoms with Gasteiger partial charge in [-0.25, -0.2) is 9.97 Å². The van der Waals surface area contributed by atoms with E-state index in [4.69, 9.17) is 5.73 Å². The lowest BCUT2D eigenvalue weighted by Crippen LogP contribution is -2.19. The zero-order chi connectivity index (χ0) is 13.0. The highest BCUT2D eigenvalue weighted by atomic mass is 32.1. The number of nitrogens with two attached hydrogens (primary N) is 1. The molecular formula is C12H18N4S2. The van der Waals surface area contributed by atoms with Crippen LogP contribution in [0.1, 0.15) is 41.5 Å². The topological polar surface area (TPSA) is 63.8 Å². The fraction of sp³-hybridized carbons (Fsp3) is 0.500. The Kier molecular flexibility index (Phi) is 4.82. The summed E-state index contributed by atoms with van der Waals surface area (Å²) < 4.78 is 0. The van der Waals surface area contributed by atoms with Crippen LogP contribution < -0.4 is 11.1 Å². The molecule has 2 atom stereocenters. The summed E-state index contributed by atoms with van der Waals surface area (Å²) in [5, 5.41) is 9.67. The molecule has 2 heterocycles. The molecule has 2 rings (SSSR count). The predicted octanol–water partition coefficient (Wildman–Crippen LogP) is 2.51. The fourth-order valence-electron chi connectivity index (χ4n) is 1.59. The monoisotopic (exact) mass is 282 g/mol. The first kappa shape index (κ1) is 13.6. The van der Waals surface area contributed by atoms with E-state index >= 15 is 0 Å². The van der Waals surface area contributed by atoms with Crippen molar-refractivity contribution in [1.29, 1.82) is 0 Å². The molecule has 0 saturated heterocycles. The van der Waals surface area contributed by atoms with Gasteiger partial charge in [0.25, 0.3) is 0 Å². The Bertz CT molecular complexity index is 464. The van der Waals surface area contributed by atoms with Crippen molar-refractivity contribution >= 4 is 22.7 Å². The smallest absolute Gasteiger partial charge is 0.109 e. The van der Waals surface area contributed by atoms with Crippen LogP contribution in [0.5, 0.6) is 0 Å². The maximum absolute atomic E-state index is 5.79. The number of nitrogens with one attached hydrogen (secondary N) is 1. The summed E-state index contributed by atoms with van der Waals surface area (Å²) in [4.78, 5) is 8.80. The minimum absolute atomic E-state index is 0.0259. The molecule has 0 radical (unpaired) electrons. The highest BCUT2D eigenvalue weighted by Gasteiger charge is 2.09. The van der Waals surface area contributed by atoms with Gasteiger partial charge < -0.3 is 11.1 Å². The van der Waals surface area contributed by atoms with Crippen molar-refractivity contribution in [1.82, 2.24) is 15.3 Å². The number of rotatable bonds is 6. The van der Waals surface area contributed by atoms with E-state index in [9.17, 15) is 0 Å².